The quantitative estimate of drug-likeness (QED) is 0.517. The number of methoxy groups -OCH3 is 1. The third-order valence-electron chi connectivity index (χ3n) is 4.53. The van der Waals surface area contributed by atoms with Crippen molar-refractivity contribution >= 4 is 0 Å². The van der Waals surface area contributed by atoms with Gasteiger partial charge in [-0.1, -0.05) is 91.0 Å². The number of ether oxygens (including phenoxy) is 1. The first-order valence-electron chi connectivity index (χ1n) is 8.74. The molecule has 0 saturated heterocycles. The lowest BCUT2D eigenvalue weighted by Crippen LogP contribution is -2.23. The van der Waals surface area contributed by atoms with E-state index in [9.17, 15) is 4.79 Å². The van der Waals surface area contributed by atoms with Crippen LogP contribution in [0.25, 0.3) is 11.3 Å². The molecule has 0 aliphatic heterocycles. The number of aromatic nitrogens is 1. The highest BCUT2D eigenvalue weighted by Crippen LogP contribution is 2.35. The van der Waals surface area contributed by atoms with Crippen LogP contribution in [0.5, 0.6) is 5.95 Å². The van der Waals surface area contributed by atoms with E-state index in [1.165, 1.54) is 7.11 Å². The van der Waals surface area contributed by atoms with Gasteiger partial charge in [-0.25, -0.2) is 4.79 Å². The summed E-state index contributed by atoms with van der Waals surface area (Å²) in [6.07, 6.45) is 0. The third-order valence-corrected chi connectivity index (χ3v) is 4.53. The van der Waals surface area contributed by atoms with Crippen LogP contribution in [0.1, 0.15) is 17.2 Å². The van der Waals surface area contributed by atoms with Gasteiger partial charge in [-0.05, 0) is 11.1 Å². The van der Waals surface area contributed by atoms with Gasteiger partial charge in [0, 0.05) is 5.56 Å². The maximum absolute atomic E-state index is 12.9. The van der Waals surface area contributed by atoms with Crippen molar-refractivity contribution in [1.29, 1.82) is 0 Å². The van der Waals surface area contributed by atoms with Gasteiger partial charge in [-0.3, -0.25) is 4.57 Å². The molecule has 27 heavy (non-hydrogen) atoms. The number of hydrogen-bond donors (Lipinski definition) is 0. The molecule has 0 fully saturated rings. The molecule has 0 aliphatic rings. The van der Waals surface area contributed by atoms with Gasteiger partial charge in [-0.15, -0.1) is 0 Å². The molecule has 0 bridgehead atoms. The summed E-state index contributed by atoms with van der Waals surface area (Å²) in [5, 5.41) is 0. The molecule has 0 saturated carbocycles. The molecule has 4 rings (SSSR count). The van der Waals surface area contributed by atoms with E-state index in [1.54, 1.807) is 4.57 Å². The topological polar surface area (TPSA) is 44.4 Å². The van der Waals surface area contributed by atoms with E-state index in [0.29, 0.717) is 5.69 Å². The lowest BCUT2D eigenvalue weighted by atomic mass is 9.97. The van der Waals surface area contributed by atoms with Crippen molar-refractivity contribution in [2.45, 2.75) is 6.04 Å². The first-order valence-corrected chi connectivity index (χ1v) is 8.74. The minimum atomic E-state index is -0.455. The van der Waals surface area contributed by atoms with Gasteiger partial charge >= 0.3 is 11.7 Å². The monoisotopic (exact) mass is 357 g/mol. The fraction of sp³-hybridized carbons (Fsp3) is 0.0870. The standard InChI is InChI=1S/C23H19NO3/c1-26-22-21(19-15-9-4-10-16-19)24(23(25)27-22)20(17-11-5-2-6-12-17)18-13-7-3-8-14-18/h2-16,20H,1H3. The number of benzene rings is 3. The maximum atomic E-state index is 12.9. The summed E-state index contributed by atoms with van der Waals surface area (Å²) in [6.45, 7) is 0. The molecule has 4 nitrogen and oxygen atoms in total. The largest absolute Gasteiger partial charge is 0.467 e. The van der Waals surface area contributed by atoms with Crippen molar-refractivity contribution in [3.05, 3.63) is 113 Å². The first kappa shape index (κ1) is 16.9. The van der Waals surface area contributed by atoms with E-state index >= 15 is 0 Å². The highest BCUT2D eigenvalue weighted by molar-refractivity contribution is 5.65. The lowest BCUT2D eigenvalue weighted by molar-refractivity contribution is 0.294. The first-order chi connectivity index (χ1) is 13.3. The molecular weight excluding hydrogens is 338 g/mol. The van der Waals surface area contributed by atoms with Gasteiger partial charge in [0.1, 0.15) is 5.69 Å². The molecule has 3 aromatic carbocycles. The zero-order chi connectivity index (χ0) is 18.6. The predicted octanol–water partition coefficient (Wildman–Crippen LogP) is 4.75. The summed E-state index contributed by atoms with van der Waals surface area (Å²) < 4.78 is 12.5. The second-order valence-corrected chi connectivity index (χ2v) is 6.17. The Labute approximate surface area is 157 Å². The Morgan fingerprint density at radius 3 is 1.74 bits per heavy atom. The van der Waals surface area contributed by atoms with Crippen LogP contribution in [0.2, 0.25) is 0 Å². The molecule has 1 aromatic heterocycles. The van der Waals surface area contributed by atoms with Crippen LogP contribution < -0.4 is 10.5 Å². The maximum Gasteiger partial charge on any atom is 0.423 e. The Hall–Kier alpha value is -3.53. The third kappa shape index (κ3) is 3.17. The highest BCUT2D eigenvalue weighted by Gasteiger charge is 2.27. The summed E-state index contributed by atoms with van der Waals surface area (Å²) in [7, 11) is 1.51. The van der Waals surface area contributed by atoms with Crippen molar-refractivity contribution in [2.75, 3.05) is 7.11 Å². The molecule has 0 amide bonds. The fourth-order valence-corrected chi connectivity index (χ4v) is 3.35. The van der Waals surface area contributed by atoms with Crippen LogP contribution in [0.15, 0.2) is 100 Å². The van der Waals surface area contributed by atoms with Crippen molar-refractivity contribution < 1.29 is 9.15 Å². The molecule has 0 N–H and O–H groups in total. The van der Waals surface area contributed by atoms with Crippen LogP contribution >= 0.6 is 0 Å². The minimum Gasteiger partial charge on any atom is -0.467 e. The Bertz CT molecular complexity index is 1030. The average molecular weight is 357 g/mol. The second-order valence-electron chi connectivity index (χ2n) is 6.17. The van der Waals surface area contributed by atoms with Gasteiger partial charge in [0.25, 0.3) is 0 Å². The Morgan fingerprint density at radius 1 is 0.778 bits per heavy atom. The molecule has 4 heteroatoms. The van der Waals surface area contributed by atoms with Crippen molar-refractivity contribution in [2.24, 2.45) is 0 Å². The van der Waals surface area contributed by atoms with Crippen LogP contribution in [0.4, 0.5) is 0 Å². The van der Waals surface area contributed by atoms with E-state index in [1.807, 2.05) is 91.0 Å². The molecular formula is C23H19NO3. The molecule has 0 atom stereocenters. The van der Waals surface area contributed by atoms with E-state index in [-0.39, 0.29) is 12.0 Å². The van der Waals surface area contributed by atoms with Gasteiger partial charge in [0.2, 0.25) is 0 Å². The predicted molar refractivity (Wildman–Crippen MR) is 105 cm³/mol. The molecule has 0 unspecified atom stereocenters. The van der Waals surface area contributed by atoms with Gasteiger partial charge in [0.05, 0.1) is 13.2 Å². The Kier molecular flexibility index (Phi) is 4.62. The van der Waals surface area contributed by atoms with Crippen LogP contribution in [-0.2, 0) is 0 Å². The lowest BCUT2D eigenvalue weighted by Gasteiger charge is -2.21. The molecule has 4 aromatic rings. The summed E-state index contributed by atoms with van der Waals surface area (Å²) in [5.74, 6) is -0.244. The fourth-order valence-electron chi connectivity index (χ4n) is 3.35. The number of rotatable bonds is 5. The average Bonchev–Trinajstić information content (AvgIpc) is 3.07. The summed E-state index contributed by atoms with van der Waals surface area (Å²) in [6, 6.07) is 29.2. The van der Waals surface area contributed by atoms with Gasteiger partial charge in [0.15, 0.2) is 0 Å². The van der Waals surface area contributed by atoms with Crippen molar-refractivity contribution in [1.82, 2.24) is 4.57 Å². The van der Waals surface area contributed by atoms with E-state index in [2.05, 4.69) is 0 Å². The number of hydrogen-bond acceptors (Lipinski definition) is 3. The van der Waals surface area contributed by atoms with E-state index in [0.717, 1.165) is 16.7 Å². The van der Waals surface area contributed by atoms with E-state index < -0.39 is 5.76 Å². The SMILES string of the molecule is COc1oc(=O)n(C(c2ccccc2)c2ccccc2)c1-c1ccccc1. The van der Waals surface area contributed by atoms with Crippen LogP contribution in [0, 0.1) is 0 Å². The molecule has 0 spiro atoms. The highest BCUT2D eigenvalue weighted by atomic mass is 16.6. The zero-order valence-electron chi connectivity index (χ0n) is 14.9. The minimum absolute atomic E-state index is 0.211. The number of oxazole rings is 1. The summed E-state index contributed by atoms with van der Waals surface area (Å²) in [5.41, 5.74) is 3.47. The molecule has 1 heterocycles. The van der Waals surface area contributed by atoms with Gasteiger partial charge < -0.3 is 9.15 Å². The molecule has 0 aliphatic carbocycles. The van der Waals surface area contributed by atoms with Crippen molar-refractivity contribution in [3.8, 4) is 17.2 Å². The van der Waals surface area contributed by atoms with Gasteiger partial charge in [-0.2, -0.15) is 0 Å². The Morgan fingerprint density at radius 2 is 1.26 bits per heavy atom. The van der Waals surface area contributed by atoms with Crippen LogP contribution in [0.3, 0.4) is 0 Å². The normalized spacial score (nSPS) is 10.9. The summed E-state index contributed by atoms with van der Waals surface area (Å²) in [4.78, 5) is 12.9. The van der Waals surface area contributed by atoms with E-state index in [4.69, 9.17) is 9.15 Å². The van der Waals surface area contributed by atoms with Crippen molar-refractivity contribution in [3.63, 3.8) is 0 Å². The van der Waals surface area contributed by atoms with Crippen LogP contribution in [-0.4, -0.2) is 11.7 Å². The second kappa shape index (κ2) is 7.38. The Balaban J connectivity index is 2.02. The summed E-state index contributed by atoms with van der Waals surface area (Å²) >= 11 is 0. The smallest absolute Gasteiger partial charge is 0.423 e. The molecule has 0 radical (unpaired) electrons. The number of nitrogens with zero attached hydrogens (tertiary/aromatic N) is 1. The zero-order valence-corrected chi connectivity index (χ0v) is 14.9. The molecule has 134 valence electrons.